The van der Waals surface area contributed by atoms with Gasteiger partial charge in [-0.15, -0.1) is 11.3 Å². The summed E-state index contributed by atoms with van der Waals surface area (Å²) in [7, 11) is 1.64. The SMILES string of the molecule is CN(C=O)c1ccc(C(=O)c2cc(Cl)sc2Cl)cc1. The van der Waals surface area contributed by atoms with Crippen LogP contribution in [0.5, 0.6) is 0 Å². The zero-order chi connectivity index (χ0) is 14.0. The molecular formula is C13H9Cl2NO2S. The molecule has 2 rings (SSSR count). The first-order chi connectivity index (χ1) is 9.02. The molecule has 0 radical (unpaired) electrons. The van der Waals surface area contributed by atoms with Crippen molar-refractivity contribution < 1.29 is 9.59 Å². The second-order valence-corrected chi connectivity index (χ2v) is 6.12. The van der Waals surface area contributed by atoms with E-state index < -0.39 is 0 Å². The molecule has 19 heavy (non-hydrogen) atoms. The summed E-state index contributed by atoms with van der Waals surface area (Å²) in [5.74, 6) is -0.187. The first-order valence-electron chi connectivity index (χ1n) is 5.30. The average Bonchev–Trinajstić information content (AvgIpc) is 2.76. The fourth-order valence-electron chi connectivity index (χ4n) is 1.56. The van der Waals surface area contributed by atoms with E-state index in [4.69, 9.17) is 23.2 Å². The Morgan fingerprint density at radius 1 is 1.26 bits per heavy atom. The summed E-state index contributed by atoms with van der Waals surface area (Å²) in [6.07, 6.45) is 0.701. The fourth-order valence-corrected chi connectivity index (χ4v) is 3.02. The van der Waals surface area contributed by atoms with E-state index >= 15 is 0 Å². The van der Waals surface area contributed by atoms with Crippen LogP contribution in [0.1, 0.15) is 15.9 Å². The quantitative estimate of drug-likeness (QED) is 0.634. The number of anilines is 1. The summed E-state index contributed by atoms with van der Waals surface area (Å²) in [6, 6.07) is 8.26. The van der Waals surface area contributed by atoms with Gasteiger partial charge in [0.1, 0.15) is 4.34 Å². The maximum Gasteiger partial charge on any atom is 0.213 e. The number of carbonyl (C=O) groups excluding carboxylic acids is 2. The molecule has 0 fully saturated rings. The van der Waals surface area contributed by atoms with Gasteiger partial charge in [0.05, 0.1) is 9.90 Å². The highest BCUT2D eigenvalue weighted by molar-refractivity contribution is 7.20. The molecule has 0 N–H and O–H groups in total. The van der Waals surface area contributed by atoms with Gasteiger partial charge in [0.2, 0.25) is 6.41 Å². The predicted octanol–water partition coefficient (Wildman–Crippen LogP) is 3.88. The summed E-state index contributed by atoms with van der Waals surface area (Å²) in [4.78, 5) is 24.3. The normalized spacial score (nSPS) is 10.3. The van der Waals surface area contributed by atoms with Crippen LogP contribution < -0.4 is 4.90 Å². The van der Waals surface area contributed by atoms with Crippen molar-refractivity contribution in [3.05, 3.63) is 50.1 Å². The molecule has 1 aromatic heterocycles. The Balaban J connectivity index is 2.30. The van der Waals surface area contributed by atoms with Crippen LogP contribution in [0.15, 0.2) is 30.3 Å². The van der Waals surface area contributed by atoms with Gasteiger partial charge in [-0.25, -0.2) is 0 Å². The lowest BCUT2D eigenvalue weighted by Gasteiger charge is -2.10. The Kier molecular flexibility index (Phi) is 4.24. The molecule has 6 heteroatoms. The molecule has 0 bridgehead atoms. The van der Waals surface area contributed by atoms with Crippen molar-refractivity contribution in [2.45, 2.75) is 0 Å². The minimum Gasteiger partial charge on any atom is -0.318 e. The molecule has 2 aromatic rings. The van der Waals surface area contributed by atoms with Crippen molar-refractivity contribution in [3.63, 3.8) is 0 Å². The van der Waals surface area contributed by atoms with E-state index in [0.717, 1.165) is 11.3 Å². The first-order valence-corrected chi connectivity index (χ1v) is 6.88. The zero-order valence-electron chi connectivity index (χ0n) is 9.89. The van der Waals surface area contributed by atoms with E-state index in [1.165, 1.54) is 4.90 Å². The van der Waals surface area contributed by atoms with Crippen LogP contribution >= 0.6 is 34.5 Å². The first kappa shape index (κ1) is 14.1. The van der Waals surface area contributed by atoms with E-state index in [0.29, 0.717) is 31.9 Å². The van der Waals surface area contributed by atoms with Crippen LogP contribution in [0.3, 0.4) is 0 Å². The van der Waals surface area contributed by atoms with Crippen LogP contribution in [-0.4, -0.2) is 19.2 Å². The van der Waals surface area contributed by atoms with Crippen LogP contribution in [0.25, 0.3) is 0 Å². The molecule has 3 nitrogen and oxygen atoms in total. The number of ketones is 1. The average molecular weight is 314 g/mol. The van der Waals surface area contributed by atoms with Crippen molar-refractivity contribution in [1.29, 1.82) is 0 Å². The van der Waals surface area contributed by atoms with Gasteiger partial charge in [0.15, 0.2) is 5.78 Å². The van der Waals surface area contributed by atoms with Crippen LogP contribution in [0, 0.1) is 0 Å². The molecule has 0 saturated heterocycles. The second kappa shape index (κ2) is 5.74. The number of rotatable bonds is 4. The molecule has 0 atom stereocenters. The van der Waals surface area contributed by atoms with Crippen molar-refractivity contribution in [2.75, 3.05) is 11.9 Å². The fraction of sp³-hybridized carbons (Fsp3) is 0.0769. The minimum absolute atomic E-state index is 0.187. The minimum atomic E-state index is -0.187. The monoisotopic (exact) mass is 313 g/mol. The molecule has 0 spiro atoms. The van der Waals surface area contributed by atoms with Crippen LogP contribution in [0.2, 0.25) is 8.67 Å². The standard InChI is InChI=1S/C13H9Cl2NO2S/c1-16(7-17)9-4-2-8(3-5-9)12(18)10-6-11(14)19-13(10)15/h2-7H,1H3. The number of benzene rings is 1. The smallest absolute Gasteiger partial charge is 0.213 e. The lowest BCUT2D eigenvalue weighted by atomic mass is 10.1. The number of amides is 1. The Morgan fingerprint density at radius 3 is 2.37 bits per heavy atom. The molecule has 98 valence electrons. The molecule has 0 aliphatic rings. The molecule has 0 aliphatic heterocycles. The van der Waals surface area contributed by atoms with E-state index in [1.807, 2.05) is 0 Å². The Morgan fingerprint density at radius 2 is 1.89 bits per heavy atom. The lowest BCUT2D eigenvalue weighted by Crippen LogP contribution is -2.13. The number of nitrogens with zero attached hydrogens (tertiary/aromatic N) is 1. The summed E-state index contributed by atoms with van der Waals surface area (Å²) in [5.41, 5.74) is 1.61. The van der Waals surface area contributed by atoms with Crippen molar-refractivity contribution in [1.82, 2.24) is 0 Å². The highest BCUT2D eigenvalue weighted by Crippen LogP contribution is 2.32. The van der Waals surface area contributed by atoms with Gasteiger partial charge in [-0.05, 0) is 30.3 Å². The number of hydrogen-bond donors (Lipinski definition) is 0. The number of halogens is 2. The Bertz CT molecular complexity index is 622. The molecule has 0 aliphatic carbocycles. The van der Waals surface area contributed by atoms with Crippen molar-refractivity contribution >= 4 is 52.4 Å². The van der Waals surface area contributed by atoms with E-state index in [-0.39, 0.29) is 5.78 Å². The summed E-state index contributed by atoms with van der Waals surface area (Å²) in [6.45, 7) is 0. The molecule has 0 saturated carbocycles. The van der Waals surface area contributed by atoms with Gasteiger partial charge in [-0.2, -0.15) is 0 Å². The molecule has 1 heterocycles. The summed E-state index contributed by atoms with van der Waals surface area (Å²) >= 11 is 12.9. The van der Waals surface area contributed by atoms with Gasteiger partial charge in [0, 0.05) is 18.3 Å². The summed E-state index contributed by atoms with van der Waals surface area (Å²) < 4.78 is 0.856. The van der Waals surface area contributed by atoms with Gasteiger partial charge < -0.3 is 4.90 Å². The zero-order valence-corrected chi connectivity index (χ0v) is 12.2. The van der Waals surface area contributed by atoms with E-state index in [9.17, 15) is 9.59 Å². The van der Waals surface area contributed by atoms with Gasteiger partial charge in [0.25, 0.3) is 0 Å². The maximum atomic E-state index is 12.2. The van der Waals surface area contributed by atoms with Gasteiger partial charge in [-0.3, -0.25) is 9.59 Å². The maximum absolute atomic E-state index is 12.2. The summed E-state index contributed by atoms with van der Waals surface area (Å²) in [5, 5.41) is 0. The van der Waals surface area contributed by atoms with Gasteiger partial charge >= 0.3 is 0 Å². The largest absolute Gasteiger partial charge is 0.318 e. The topological polar surface area (TPSA) is 37.4 Å². The molecule has 1 amide bonds. The molecule has 1 aromatic carbocycles. The predicted molar refractivity (Wildman–Crippen MR) is 78.7 cm³/mol. The third kappa shape index (κ3) is 2.97. The third-order valence-corrected chi connectivity index (χ3v) is 4.08. The molecular weight excluding hydrogens is 305 g/mol. The van der Waals surface area contributed by atoms with Crippen molar-refractivity contribution in [2.24, 2.45) is 0 Å². The van der Waals surface area contributed by atoms with Crippen LogP contribution in [-0.2, 0) is 4.79 Å². The highest BCUT2D eigenvalue weighted by Gasteiger charge is 2.16. The third-order valence-electron chi connectivity index (χ3n) is 2.60. The van der Waals surface area contributed by atoms with Crippen molar-refractivity contribution in [3.8, 4) is 0 Å². The number of hydrogen-bond acceptors (Lipinski definition) is 3. The van der Waals surface area contributed by atoms with Crippen LogP contribution in [0.4, 0.5) is 5.69 Å². The molecule has 0 unspecified atom stereocenters. The second-order valence-electron chi connectivity index (χ2n) is 3.83. The van der Waals surface area contributed by atoms with E-state index in [1.54, 1.807) is 37.4 Å². The Labute approximate surface area is 124 Å². The highest BCUT2D eigenvalue weighted by atomic mass is 35.5. The van der Waals surface area contributed by atoms with E-state index in [2.05, 4.69) is 0 Å². The number of carbonyl (C=O) groups is 2. The lowest BCUT2D eigenvalue weighted by molar-refractivity contribution is -0.107. The number of thiophene rings is 1. The van der Waals surface area contributed by atoms with Gasteiger partial charge in [-0.1, -0.05) is 23.2 Å². The Hall–Kier alpha value is -1.36.